The molecule has 0 saturated carbocycles. The zero-order valence-corrected chi connectivity index (χ0v) is 14.0. The Balaban J connectivity index is 1.80. The SMILES string of the molecule is CS(=O)(=O)N1CCN(C(=O)c2cc(-n3cccc3)ccc2F)CC1. The lowest BCUT2D eigenvalue weighted by atomic mass is 10.1. The summed E-state index contributed by atoms with van der Waals surface area (Å²) in [5.74, 6) is -1.00. The number of piperazine rings is 1. The second-order valence-electron chi connectivity index (χ2n) is 5.71. The Morgan fingerprint density at radius 3 is 2.29 bits per heavy atom. The number of halogens is 1. The molecule has 1 aromatic carbocycles. The highest BCUT2D eigenvalue weighted by atomic mass is 32.2. The van der Waals surface area contributed by atoms with E-state index < -0.39 is 21.7 Å². The van der Waals surface area contributed by atoms with Gasteiger partial charge in [0.25, 0.3) is 5.91 Å². The van der Waals surface area contributed by atoms with Crippen LogP contribution < -0.4 is 0 Å². The fraction of sp³-hybridized carbons (Fsp3) is 0.312. The van der Waals surface area contributed by atoms with Crippen LogP contribution in [-0.2, 0) is 10.0 Å². The maximum Gasteiger partial charge on any atom is 0.256 e. The Morgan fingerprint density at radius 2 is 1.71 bits per heavy atom. The van der Waals surface area contributed by atoms with Gasteiger partial charge in [0.05, 0.1) is 11.8 Å². The molecule has 2 aromatic rings. The van der Waals surface area contributed by atoms with Crippen LogP contribution >= 0.6 is 0 Å². The number of hydrogen-bond acceptors (Lipinski definition) is 3. The number of nitrogens with zero attached hydrogens (tertiary/aromatic N) is 3. The number of sulfonamides is 1. The molecular weight excluding hydrogens is 333 g/mol. The Labute approximate surface area is 140 Å². The summed E-state index contributed by atoms with van der Waals surface area (Å²) in [6.45, 7) is 0.950. The van der Waals surface area contributed by atoms with Gasteiger partial charge in [-0.2, -0.15) is 4.31 Å². The first-order chi connectivity index (χ1) is 11.4. The van der Waals surface area contributed by atoms with E-state index in [1.165, 1.54) is 21.3 Å². The van der Waals surface area contributed by atoms with Crippen LogP contribution in [0.4, 0.5) is 4.39 Å². The fourth-order valence-electron chi connectivity index (χ4n) is 2.74. The van der Waals surface area contributed by atoms with Crippen molar-refractivity contribution in [3.63, 3.8) is 0 Å². The predicted molar refractivity (Wildman–Crippen MR) is 88.0 cm³/mol. The molecule has 8 heteroatoms. The molecular formula is C16H18FN3O3S. The van der Waals surface area contributed by atoms with Gasteiger partial charge in [-0.15, -0.1) is 0 Å². The summed E-state index contributed by atoms with van der Waals surface area (Å²) in [6.07, 6.45) is 4.77. The van der Waals surface area contributed by atoms with E-state index in [-0.39, 0.29) is 31.7 Å². The highest BCUT2D eigenvalue weighted by Gasteiger charge is 2.27. The first-order valence-corrected chi connectivity index (χ1v) is 9.38. The molecule has 1 aliphatic rings. The molecule has 0 N–H and O–H groups in total. The van der Waals surface area contributed by atoms with Crippen molar-refractivity contribution in [1.82, 2.24) is 13.8 Å². The summed E-state index contributed by atoms with van der Waals surface area (Å²) >= 11 is 0. The van der Waals surface area contributed by atoms with Crippen molar-refractivity contribution in [3.8, 4) is 5.69 Å². The van der Waals surface area contributed by atoms with E-state index in [0.29, 0.717) is 5.69 Å². The van der Waals surface area contributed by atoms with E-state index in [0.717, 1.165) is 6.26 Å². The quantitative estimate of drug-likeness (QED) is 0.838. The van der Waals surface area contributed by atoms with E-state index in [9.17, 15) is 17.6 Å². The van der Waals surface area contributed by atoms with E-state index in [4.69, 9.17) is 0 Å². The molecule has 1 fully saturated rings. The zero-order chi connectivity index (χ0) is 17.3. The van der Waals surface area contributed by atoms with Crippen molar-refractivity contribution < 1.29 is 17.6 Å². The molecule has 1 aliphatic heterocycles. The smallest absolute Gasteiger partial charge is 0.256 e. The molecule has 0 radical (unpaired) electrons. The van der Waals surface area contributed by atoms with Gasteiger partial charge in [-0.25, -0.2) is 12.8 Å². The number of rotatable bonds is 3. The summed E-state index contributed by atoms with van der Waals surface area (Å²) < 4.78 is 40.3. The van der Waals surface area contributed by atoms with Crippen molar-refractivity contribution >= 4 is 15.9 Å². The highest BCUT2D eigenvalue weighted by Crippen LogP contribution is 2.18. The Morgan fingerprint density at radius 1 is 1.08 bits per heavy atom. The van der Waals surface area contributed by atoms with Gasteiger partial charge in [0.2, 0.25) is 10.0 Å². The maximum atomic E-state index is 14.1. The lowest BCUT2D eigenvalue weighted by Crippen LogP contribution is -2.50. The molecule has 0 bridgehead atoms. The van der Waals surface area contributed by atoms with E-state index >= 15 is 0 Å². The van der Waals surface area contributed by atoms with Crippen molar-refractivity contribution in [1.29, 1.82) is 0 Å². The standard InChI is InChI=1S/C16H18FN3O3S/c1-24(22,23)20-10-8-19(9-11-20)16(21)14-12-13(4-5-15(14)17)18-6-2-3-7-18/h2-7,12H,8-11H2,1H3. The monoisotopic (exact) mass is 351 g/mol. The van der Waals surface area contributed by atoms with Gasteiger partial charge in [-0.1, -0.05) is 0 Å². The van der Waals surface area contributed by atoms with Gasteiger partial charge in [-0.3, -0.25) is 4.79 Å². The zero-order valence-electron chi connectivity index (χ0n) is 13.2. The van der Waals surface area contributed by atoms with E-state index in [2.05, 4.69) is 0 Å². The highest BCUT2D eigenvalue weighted by molar-refractivity contribution is 7.88. The van der Waals surface area contributed by atoms with Crippen molar-refractivity contribution in [2.24, 2.45) is 0 Å². The molecule has 0 spiro atoms. The van der Waals surface area contributed by atoms with Gasteiger partial charge in [0, 0.05) is 44.3 Å². The first-order valence-electron chi connectivity index (χ1n) is 7.53. The number of carbonyl (C=O) groups is 1. The Kier molecular flexibility index (Phi) is 4.42. The van der Waals surface area contributed by atoms with Gasteiger partial charge in [0.15, 0.2) is 0 Å². The lowest BCUT2D eigenvalue weighted by molar-refractivity contribution is 0.0693. The molecule has 1 saturated heterocycles. The molecule has 3 rings (SSSR count). The molecule has 6 nitrogen and oxygen atoms in total. The number of amides is 1. The third-order valence-corrected chi connectivity index (χ3v) is 5.38. The van der Waals surface area contributed by atoms with Crippen LogP contribution in [-0.4, -0.2) is 60.5 Å². The van der Waals surface area contributed by atoms with Gasteiger partial charge < -0.3 is 9.47 Å². The molecule has 0 unspecified atom stereocenters. The second-order valence-corrected chi connectivity index (χ2v) is 7.69. The summed E-state index contributed by atoms with van der Waals surface area (Å²) in [6, 6.07) is 8.08. The van der Waals surface area contributed by atoms with Crippen molar-refractivity contribution in [2.45, 2.75) is 0 Å². The molecule has 128 valence electrons. The lowest BCUT2D eigenvalue weighted by Gasteiger charge is -2.33. The molecule has 1 amide bonds. The van der Waals surface area contributed by atoms with Crippen LogP contribution in [0.3, 0.4) is 0 Å². The van der Waals surface area contributed by atoms with Crippen LogP contribution in [0.2, 0.25) is 0 Å². The predicted octanol–water partition coefficient (Wildman–Crippen LogP) is 1.33. The third-order valence-electron chi connectivity index (χ3n) is 4.08. The largest absolute Gasteiger partial charge is 0.336 e. The molecule has 2 heterocycles. The Hall–Kier alpha value is -2.19. The molecule has 24 heavy (non-hydrogen) atoms. The number of aromatic nitrogens is 1. The van der Waals surface area contributed by atoms with Gasteiger partial charge >= 0.3 is 0 Å². The average Bonchev–Trinajstić information content (AvgIpc) is 3.08. The topological polar surface area (TPSA) is 62.6 Å². The third kappa shape index (κ3) is 3.34. The van der Waals surface area contributed by atoms with Gasteiger partial charge in [0.1, 0.15) is 5.82 Å². The first kappa shape index (κ1) is 16.7. The van der Waals surface area contributed by atoms with E-state index in [1.807, 2.05) is 24.5 Å². The van der Waals surface area contributed by atoms with Crippen LogP contribution in [0.25, 0.3) is 5.69 Å². The van der Waals surface area contributed by atoms with Crippen LogP contribution in [0.15, 0.2) is 42.7 Å². The summed E-state index contributed by atoms with van der Waals surface area (Å²) in [5.41, 5.74) is 0.688. The fourth-order valence-corrected chi connectivity index (χ4v) is 3.56. The van der Waals surface area contributed by atoms with Crippen LogP contribution in [0, 0.1) is 5.82 Å². The van der Waals surface area contributed by atoms with Crippen LogP contribution in [0.1, 0.15) is 10.4 Å². The molecule has 0 atom stereocenters. The number of benzene rings is 1. The van der Waals surface area contributed by atoms with Crippen LogP contribution in [0.5, 0.6) is 0 Å². The second kappa shape index (κ2) is 6.37. The maximum absolute atomic E-state index is 14.1. The minimum Gasteiger partial charge on any atom is -0.336 e. The normalized spacial score (nSPS) is 16.3. The number of hydrogen-bond donors (Lipinski definition) is 0. The average molecular weight is 351 g/mol. The molecule has 0 aliphatic carbocycles. The molecule has 1 aromatic heterocycles. The minimum absolute atomic E-state index is 0.00555. The Bertz CT molecular complexity index is 841. The summed E-state index contributed by atoms with van der Waals surface area (Å²) in [5, 5.41) is 0. The van der Waals surface area contributed by atoms with Crippen molar-refractivity contribution in [2.75, 3.05) is 32.4 Å². The minimum atomic E-state index is -3.27. The number of carbonyl (C=O) groups excluding carboxylic acids is 1. The van der Waals surface area contributed by atoms with Gasteiger partial charge in [-0.05, 0) is 30.3 Å². The summed E-state index contributed by atoms with van der Waals surface area (Å²) in [7, 11) is -3.27. The summed E-state index contributed by atoms with van der Waals surface area (Å²) in [4.78, 5) is 14.1. The van der Waals surface area contributed by atoms with Crippen molar-refractivity contribution in [3.05, 3.63) is 54.1 Å². The van der Waals surface area contributed by atoms with E-state index in [1.54, 1.807) is 10.6 Å².